The number of piperidine rings is 1. The van der Waals surface area contributed by atoms with Crippen LogP contribution in [-0.4, -0.2) is 112 Å². The molecule has 2 aliphatic heterocycles. The van der Waals surface area contributed by atoms with Crippen LogP contribution in [0.3, 0.4) is 0 Å². The summed E-state index contributed by atoms with van der Waals surface area (Å²) in [5, 5.41) is 17.0. The first-order valence-electron chi connectivity index (χ1n) is 16.5. The molecule has 0 spiro atoms. The number of hydrogen-bond acceptors (Lipinski definition) is 13. The molecule has 2 N–H and O–H groups in total. The van der Waals surface area contributed by atoms with Crippen LogP contribution in [0.4, 0.5) is 10.5 Å². The summed E-state index contributed by atoms with van der Waals surface area (Å²) >= 11 is 0. The average Bonchev–Trinajstić information content (AvgIpc) is 3.10. The summed E-state index contributed by atoms with van der Waals surface area (Å²) in [6.45, 7) is 5.47. The van der Waals surface area contributed by atoms with Gasteiger partial charge in [0, 0.05) is 26.2 Å². The molecule has 0 aliphatic carbocycles. The van der Waals surface area contributed by atoms with Gasteiger partial charge in [-0.25, -0.2) is 9.59 Å². The van der Waals surface area contributed by atoms with E-state index >= 15 is 0 Å². The third-order valence-electron chi connectivity index (χ3n) is 8.46. The van der Waals surface area contributed by atoms with Gasteiger partial charge in [0.2, 0.25) is 0 Å². The van der Waals surface area contributed by atoms with Gasteiger partial charge in [-0.3, -0.25) is 20.2 Å². The van der Waals surface area contributed by atoms with Gasteiger partial charge in [-0.2, -0.15) is 0 Å². The summed E-state index contributed by atoms with van der Waals surface area (Å²) in [6.07, 6.45) is 1.79. The average molecular weight is 676 g/mol. The van der Waals surface area contributed by atoms with E-state index in [-0.39, 0.29) is 50.7 Å². The van der Waals surface area contributed by atoms with Gasteiger partial charge in [0.15, 0.2) is 0 Å². The number of benzene rings is 2. The second-order valence-corrected chi connectivity index (χ2v) is 11.6. The Kier molecular flexibility index (Phi) is 15.0. The number of likely N-dealkylation sites (tertiary alicyclic amines) is 1. The molecule has 0 saturated carbocycles. The summed E-state index contributed by atoms with van der Waals surface area (Å²) in [6, 6.07) is 12.8. The first-order chi connectivity index (χ1) is 23.3. The van der Waals surface area contributed by atoms with E-state index in [1.807, 2.05) is 36.4 Å². The number of hydrogen-bond donors (Lipinski definition) is 2. The van der Waals surface area contributed by atoms with E-state index < -0.39 is 24.2 Å². The highest BCUT2D eigenvalue weighted by Crippen LogP contribution is 2.37. The third kappa shape index (κ3) is 10.7. The van der Waals surface area contributed by atoms with E-state index in [0.717, 1.165) is 42.1 Å². The van der Waals surface area contributed by atoms with Gasteiger partial charge in [-0.15, -0.1) is 0 Å². The highest BCUT2D eigenvalue weighted by molar-refractivity contribution is 5.82. The zero-order valence-corrected chi connectivity index (χ0v) is 28.1. The van der Waals surface area contributed by atoms with Crippen LogP contribution in [0.25, 0.3) is 0 Å². The number of esters is 1. The fourth-order valence-electron chi connectivity index (χ4n) is 6.02. The van der Waals surface area contributed by atoms with E-state index in [0.29, 0.717) is 38.2 Å². The molecule has 2 aromatic rings. The quantitative estimate of drug-likeness (QED) is 0.129. The van der Waals surface area contributed by atoms with Crippen LogP contribution >= 0.6 is 0 Å². The van der Waals surface area contributed by atoms with Crippen molar-refractivity contribution in [2.45, 2.75) is 63.7 Å². The van der Waals surface area contributed by atoms with Gasteiger partial charge >= 0.3 is 12.1 Å². The predicted molar refractivity (Wildman–Crippen MR) is 173 cm³/mol. The molecule has 3 unspecified atom stereocenters. The molecule has 4 rings (SSSR count). The lowest BCUT2D eigenvalue weighted by molar-refractivity contribution is -0.492. The maximum Gasteiger partial charge on any atom is 0.410 e. The number of nitrogens with zero attached hydrogens (tertiary/aromatic N) is 3. The highest BCUT2D eigenvalue weighted by Gasteiger charge is 2.44. The number of ether oxygens (including phenoxy) is 6. The lowest BCUT2D eigenvalue weighted by atomic mass is 9.83. The molecule has 2 aliphatic rings. The SMILES string of the molecule is CCOC(=O)C1CC(c2ccc(OC)cc2)C(OCc2ccc3c(c2)N(CCCOC)CCO3)CN1C(=O)OCCCCCON(O)O. The maximum atomic E-state index is 13.4. The van der Waals surface area contributed by atoms with Gasteiger partial charge in [0.05, 0.1) is 63.8 Å². The number of amides is 1. The first-order valence-corrected chi connectivity index (χ1v) is 16.5. The van der Waals surface area contributed by atoms with Crippen molar-refractivity contribution in [2.24, 2.45) is 0 Å². The van der Waals surface area contributed by atoms with Crippen LogP contribution in [0, 0.1) is 0 Å². The Morgan fingerprint density at radius 3 is 2.50 bits per heavy atom. The fourth-order valence-corrected chi connectivity index (χ4v) is 6.02. The second-order valence-electron chi connectivity index (χ2n) is 11.6. The topological polar surface area (TPSA) is 149 Å². The molecule has 2 heterocycles. The maximum absolute atomic E-state index is 13.4. The standard InChI is InChI=1S/C34H49N3O11/c1-4-44-33(38)30-22-28(26-10-12-27(43-3)13-11-26)32(23-36(30)34(39)46-18-6-5-7-19-48-37(40)41)47-24-25-9-14-31-29(21-25)35(16-20-45-31)15-8-17-42-2/h9-14,21,28,30,32,40-41H,4-8,15-20,22-24H2,1-3H3. The van der Waals surface area contributed by atoms with Crippen molar-refractivity contribution < 1.29 is 53.3 Å². The summed E-state index contributed by atoms with van der Waals surface area (Å²) in [7, 11) is 3.31. The summed E-state index contributed by atoms with van der Waals surface area (Å²) in [5.41, 5.74) is 2.93. The number of anilines is 1. The molecule has 48 heavy (non-hydrogen) atoms. The van der Waals surface area contributed by atoms with Gasteiger partial charge in [-0.05, 0) is 74.4 Å². The molecule has 14 heteroatoms. The van der Waals surface area contributed by atoms with E-state index in [2.05, 4.69) is 15.8 Å². The monoisotopic (exact) mass is 675 g/mol. The van der Waals surface area contributed by atoms with Crippen molar-refractivity contribution in [3.05, 3.63) is 53.6 Å². The Morgan fingerprint density at radius 1 is 0.979 bits per heavy atom. The lowest BCUT2D eigenvalue weighted by Crippen LogP contribution is -2.56. The number of methoxy groups -OCH3 is 2. The molecular formula is C34H49N3O11. The zero-order chi connectivity index (χ0) is 34.3. The normalized spacial score (nSPS) is 19.1. The summed E-state index contributed by atoms with van der Waals surface area (Å²) in [4.78, 5) is 34.9. The number of rotatable bonds is 18. The minimum Gasteiger partial charge on any atom is -0.497 e. The van der Waals surface area contributed by atoms with Crippen molar-refractivity contribution in [3.63, 3.8) is 0 Å². The summed E-state index contributed by atoms with van der Waals surface area (Å²) in [5.74, 6) is 0.823. The van der Waals surface area contributed by atoms with Crippen LogP contribution in [0.5, 0.6) is 11.5 Å². The minimum absolute atomic E-state index is 0.104. The molecule has 14 nitrogen and oxygen atoms in total. The Balaban J connectivity index is 1.50. The second kappa shape index (κ2) is 19.4. The number of fused-ring (bicyclic) bond motifs is 1. The van der Waals surface area contributed by atoms with E-state index in [1.165, 1.54) is 4.90 Å². The largest absolute Gasteiger partial charge is 0.497 e. The first kappa shape index (κ1) is 37.2. The highest BCUT2D eigenvalue weighted by atomic mass is 17.1. The van der Waals surface area contributed by atoms with Crippen LogP contribution < -0.4 is 14.4 Å². The fraction of sp³-hybridized carbons (Fsp3) is 0.588. The van der Waals surface area contributed by atoms with Crippen LogP contribution in [0.1, 0.15) is 56.1 Å². The summed E-state index contributed by atoms with van der Waals surface area (Å²) < 4.78 is 34.1. The predicted octanol–water partition coefficient (Wildman–Crippen LogP) is 4.56. The molecule has 0 bridgehead atoms. The van der Waals surface area contributed by atoms with Crippen LogP contribution in [0.2, 0.25) is 0 Å². The van der Waals surface area contributed by atoms with Crippen molar-refractivity contribution >= 4 is 17.7 Å². The molecule has 0 aromatic heterocycles. The van der Waals surface area contributed by atoms with Crippen molar-refractivity contribution in [2.75, 3.05) is 71.8 Å². The van der Waals surface area contributed by atoms with Crippen molar-refractivity contribution in [1.29, 1.82) is 0 Å². The van der Waals surface area contributed by atoms with E-state index in [4.69, 9.17) is 38.8 Å². The van der Waals surface area contributed by atoms with E-state index in [1.54, 1.807) is 21.1 Å². The van der Waals surface area contributed by atoms with E-state index in [9.17, 15) is 9.59 Å². The molecule has 1 amide bonds. The molecular weight excluding hydrogens is 626 g/mol. The van der Waals surface area contributed by atoms with Gasteiger partial charge in [-0.1, -0.05) is 18.2 Å². The lowest BCUT2D eigenvalue weighted by Gasteiger charge is -2.42. The number of carbonyl (C=O) groups excluding carboxylic acids is 2. The molecule has 2 aromatic carbocycles. The van der Waals surface area contributed by atoms with Crippen LogP contribution in [0.15, 0.2) is 42.5 Å². The molecule has 0 radical (unpaired) electrons. The van der Waals surface area contributed by atoms with Gasteiger partial charge in [0.1, 0.15) is 24.1 Å². The van der Waals surface area contributed by atoms with Crippen molar-refractivity contribution in [3.8, 4) is 11.5 Å². The molecule has 3 atom stereocenters. The Labute approximate surface area is 281 Å². The Hall–Kier alpha value is -3.66. The third-order valence-corrected chi connectivity index (χ3v) is 8.46. The van der Waals surface area contributed by atoms with Gasteiger partial charge < -0.3 is 33.3 Å². The molecule has 1 fully saturated rings. The van der Waals surface area contributed by atoms with Gasteiger partial charge in [0.25, 0.3) is 0 Å². The van der Waals surface area contributed by atoms with Crippen molar-refractivity contribution in [1.82, 2.24) is 10.3 Å². The zero-order valence-electron chi connectivity index (χ0n) is 28.1. The number of carbonyl (C=O) groups is 2. The Morgan fingerprint density at radius 2 is 1.77 bits per heavy atom. The Bertz CT molecular complexity index is 1280. The minimum atomic E-state index is -0.862. The number of unbranched alkanes of at least 4 members (excludes halogenated alkanes) is 2. The molecule has 1 saturated heterocycles. The smallest absolute Gasteiger partial charge is 0.410 e. The van der Waals surface area contributed by atoms with Crippen LogP contribution in [-0.2, 0) is 35.2 Å². The molecule has 266 valence electrons.